The van der Waals surface area contributed by atoms with Gasteiger partial charge in [-0.1, -0.05) is 6.07 Å². The second-order valence-electron chi connectivity index (χ2n) is 2.72. The van der Waals surface area contributed by atoms with Gasteiger partial charge in [0, 0.05) is 31.4 Å². The molecule has 14 heavy (non-hydrogen) atoms. The molecule has 3 heteroatoms. The van der Waals surface area contributed by atoms with Gasteiger partial charge in [0.05, 0.1) is 0 Å². The van der Waals surface area contributed by atoms with Crippen LogP contribution in [-0.4, -0.2) is 21.7 Å². The van der Waals surface area contributed by atoms with Crippen molar-refractivity contribution in [2.24, 2.45) is 0 Å². The van der Waals surface area contributed by atoms with E-state index in [2.05, 4.69) is 9.97 Å². The van der Waals surface area contributed by atoms with Crippen molar-refractivity contribution in [1.29, 1.82) is 0 Å². The van der Waals surface area contributed by atoms with Crippen LogP contribution in [0.25, 0.3) is 0 Å². The van der Waals surface area contributed by atoms with Crippen molar-refractivity contribution in [2.75, 3.05) is 6.61 Å². The first-order valence-corrected chi connectivity index (χ1v) is 4.51. The lowest BCUT2D eigenvalue weighted by atomic mass is 10.3. The van der Waals surface area contributed by atoms with Gasteiger partial charge in [0.25, 0.3) is 0 Å². The summed E-state index contributed by atoms with van der Waals surface area (Å²) >= 11 is 0. The molecule has 0 amide bonds. The third kappa shape index (κ3) is 4.42. The van der Waals surface area contributed by atoms with Crippen LogP contribution in [0.5, 0.6) is 0 Å². The van der Waals surface area contributed by atoms with E-state index in [-0.39, 0.29) is 6.61 Å². The average Bonchev–Trinajstić information content (AvgIpc) is 2.75. The number of hydrogen-bond acceptors (Lipinski definition) is 2. The second-order valence-corrected chi connectivity index (χ2v) is 2.72. The number of aliphatic hydroxyl groups excluding tert-OH is 1. The zero-order valence-electron chi connectivity index (χ0n) is 7.93. The van der Waals surface area contributed by atoms with Crippen LogP contribution >= 0.6 is 0 Å². The van der Waals surface area contributed by atoms with E-state index in [1.807, 2.05) is 36.7 Å². The van der Waals surface area contributed by atoms with Crippen molar-refractivity contribution in [3.8, 4) is 0 Å². The van der Waals surface area contributed by atoms with Gasteiger partial charge in [-0.05, 0) is 30.2 Å². The zero-order valence-corrected chi connectivity index (χ0v) is 7.93. The van der Waals surface area contributed by atoms with Gasteiger partial charge in [0.2, 0.25) is 0 Å². The lowest BCUT2D eigenvalue weighted by molar-refractivity contribution is 0.299. The van der Waals surface area contributed by atoms with E-state index in [0.29, 0.717) is 0 Å². The van der Waals surface area contributed by atoms with Crippen LogP contribution < -0.4 is 0 Å². The predicted molar refractivity (Wildman–Crippen MR) is 55.8 cm³/mol. The smallest absolute Gasteiger partial charge is 0.0472 e. The molecule has 0 saturated carbocycles. The summed E-state index contributed by atoms with van der Waals surface area (Å²) in [4.78, 5) is 6.69. The average molecular weight is 190 g/mol. The molecule has 0 atom stereocenters. The van der Waals surface area contributed by atoms with Crippen molar-refractivity contribution in [2.45, 2.75) is 6.42 Å². The molecule has 0 spiro atoms. The molecule has 2 N–H and O–H groups in total. The maximum Gasteiger partial charge on any atom is 0.0472 e. The molecule has 0 fully saturated rings. The van der Waals surface area contributed by atoms with E-state index in [4.69, 9.17) is 5.11 Å². The van der Waals surface area contributed by atoms with Crippen LogP contribution in [0.15, 0.2) is 49.1 Å². The monoisotopic (exact) mass is 190 g/mol. The van der Waals surface area contributed by atoms with E-state index in [0.717, 1.165) is 12.0 Å². The highest BCUT2D eigenvalue weighted by Crippen LogP contribution is 1.95. The molecule has 0 aromatic carbocycles. The number of aromatic nitrogens is 2. The summed E-state index contributed by atoms with van der Waals surface area (Å²) in [5.41, 5.74) is 1.16. The first-order valence-electron chi connectivity index (χ1n) is 4.51. The van der Waals surface area contributed by atoms with Crippen LogP contribution in [0.3, 0.4) is 0 Å². The van der Waals surface area contributed by atoms with E-state index >= 15 is 0 Å². The maximum atomic E-state index is 8.42. The first kappa shape index (κ1) is 10.5. The fourth-order valence-corrected chi connectivity index (χ4v) is 0.956. The summed E-state index contributed by atoms with van der Waals surface area (Å²) in [6.07, 6.45) is 7.99. The Bertz CT molecular complexity index is 278. The summed E-state index contributed by atoms with van der Waals surface area (Å²) in [7, 11) is 0. The van der Waals surface area contributed by atoms with Crippen molar-refractivity contribution in [3.63, 3.8) is 0 Å². The quantitative estimate of drug-likeness (QED) is 0.756. The fraction of sp³-hybridized carbons (Fsp3) is 0.182. The van der Waals surface area contributed by atoms with Gasteiger partial charge < -0.3 is 10.1 Å². The molecule has 0 saturated heterocycles. The molecule has 0 radical (unpaired) electrons. The number of rotatable bonds is 2. The van der Waals surface area contributed by atoms with E-state index in [9.17, 15) is 0 Å². The Labute approximate surface area is 83.4 Å². The standard InChI is InChI=1S/C6H9NO.C5H5N/c8-4-2-6-1-3-7-5-6;1-2-4-6-5-3-1/h1,3,5,7-8H,2,4H2;1-5H. The fourth-order valence-electron chi connectivity index (χ4n) is 0.956. The molecule has 2 aromatic heterocycles. The Balaban J connectivity index is 0.000000146. The molecular weight excluding hydrogens is 176 g/mol. The van der Waals surface area contributed by atoms with Gasteiger partial charge in [-0.25, -0.2) is 0 Å². The molecule has 2 aromatic rings. The Morgan fingerprint density at radius 1 is 1.21 bits per heavy atom. The Kier molecular flexibility index (Phi) is 5.13. The molecule has 0 aliphatic heterocycles. The highest BCUT2D eigenvalue weighted by Gasteiger charge is 1.86. The summed E-state index contributed by atoms with van der Waals surface area (Å²) in [5, 5.41) is 8.42. The van der Waals surface area contributed by atoms with Gasteiger partial charge >= 0.3 is 0 Å². The third-order valence-electron chi connectivity index (χ3n) is 1.63. The SMILES string of the molecule is OCCc1cc[nH]c1.c1ccncc1. The zero-order chi connectivity index (χ0) is 10.1. The van der Waals surface area contributed by atoms with Gasteiger partial charge in [-0.15, -0.1) is 0 Å². The molecule has 3 nitrogen and oxygen atoms in total. The van der Waals surface area contributed by atoms with E-state index in [1.165, 1.54) is 0 Å². The minimum atomic E-state index is 0.234. The van der Waals surface area contributed by atoms with Crippen molar-refractivity contribution < 1.29 is 5.11 Å². The normalized spacial score (nSPS) is 8.93. The van der Waals surface area contributed by atoms with Crippen LogP contribution in [-0.2, 0) is 6.42 Å². The highest BCUT2D eigenvalue weighted by atomic mass is 16.2. The number of aliphatic hydroxyl groups is 1. The third-order valence-corrected chi connectivity index (χ3v) is 1.63. The molecule has 0 unspecified atom stereocenters. The minimum absolute atomic E-state index is 0.234. The lowest BCUT2D eigenvalue weighted by Crippen LogP contribution is -1.85. The van der Waals surface area contributed by atoms with E-state index < -0.39 is 0 Å². The molecule has 2 rings (SSSR count). The van der Waals surface area contributed by atoms with Crippen molar-refractivity contribution >= 4 is 0 Å². The Hall–Kier alpha value is -1.61. The predicted octanol–water partition coefficient (Wildman–Crippen LogP) is 1.63. The highest BCUT2D eigenvalue weighted by molar-refractivity contribution is 5.07. The largest absolute Gasteiger partial charge is 0.396 e. The molecular formula is C11H14N2O. The van der Waals surface area contributed by atoms with Crippen LogP contribution in [0.1, 0.15) is 5.56 Å². The second kappa shape index (κ2) is 6.86. The molecule has 0 aliphatic carbocycles. The molecule has 74 valence electrons. The number of hydrogen-bond donors (Lipinski definition) is 2. The number of pyridine rings is 1. The topological polar surface area (TPSA) is 48.9 Å². The molecule has 0 aliphatic rings. The van der Waals surface area contributed by atoms with Crippen LogP contribution in [0.2, 0.25) is 0 Å². The van der Waals surface area contributed by atoms with E-state index in [1.54, 1.807) is 12.4 Å². The number of aromatic amines is 1. The Morgan fingerprint density at radius 2 is 2.00 bits per heavy atom. The number of H-pyrrole nitrogens is 1. The maximum absolute atomic E-state index is 8.42. The summed E-state index contributed by atoms with van der Waals surface area (Å²) in [6, 6.07) is 7.67. The molecule has 2 heterocycles. The summed E-state index contributed by atoms with van der Waals surface area (Å²) in [5.74, 6) is 0. The summed E-state index contributed by atoms with van der Waals surface area (Å²) in [6.45, 7) is 0.234. The lowest BCUT2D eigenvalue weighted by Gasteiger charge is -1.85. The molecule has 0 bridgehead atoms. The van der Waals surface area contributed by atoms with Gasteiger partial charge in [-0.2, -0.15) is 0 Å². The van der Waals surface area contributed by atoms with Crippen LogP contribution in [0, 0.1) is 0 Å². The van der Waals surface area contributed by atoms with Gasteiger partial charge in [-0.3, -0.25) is 4.98 Å². The first-order chi connectivity index (χ1) is 6.93. The van der Waals surface area contributed by atoms with Crippen molar-refractivity contribution in [3.05, 3.63) is 54.6 Å². The van der Waals surface area contributed by atoms with Crippen LogP contribution in [0.4, 0.5) is 0 Å². The van der Waals surface area contributed by atoms with Crippen molar-refractivity contribution in [1.82, 2.24) is 9.97 Å². The minimum Gasteiger partial charge on any atom is -0.396 e. The summed E-state index contributed by atoms with van der Waals surface area (Å²) < 4.78 is 0. The Morgan fingerprint density at radius 3 is 2.36 bits per heavy atom. The van der Waals surface area contributed by atoms with Gasteiger partial charge in [0.15, 0.2) is 0 Å². The van der Waals surface area contributed by atoms with Gasteiger partial charge in [0.1, 0.15) is 0 Å². The number of nitrogens with zero attached hydrogens (tertiary/aromatic N) is 1. The number of nitrogens with one attached hydrogen (secondary N) is 1.